The standard InChI is InChI=1S/C26H34N2O5Si/c1-25(2,3)34(6,7)33-26-18(14-11-15-19(26)29)21(28(4)5)22-20(23(26)30)24(27-32-22)31-16-17-12-9-8-10-13-17/h8-13,15,18,21H,14,16H2,1-7H3/t18?,21-,26-/m0/s1. The minimum Gasteiger partial charge on any atom is -0.470 e. The number of rotatable bonds is 6. The lowest BCUT2D eigenvalue weighted by Crippen LogP contribution is -2.65. The Hall–Kier alpha value is -2.55. The van der Waals surface area contributed by atoms with Crippen molar-refractivity contribution < 1.29 is 23.3 Å². The molecule has 8 heteroatoms. The zero-order valence-corrected chi connectivity index (χ0v) is 22.0. The summed E-state index contributed by atoms with van der Waals surface area (Å²) in [4.78, 5) is 29.9. The minimum atomic E-state index is -2.53. The number of fused-ring (bicyclic) bond motifs is 2. The number of allylic oxidation sites excluding steroid dienone is 1. The van der Waals surface area contributed by atoms with Gasteiger partial charge in [0.25, 0.3) is 5.88 Å². The highest BCUT2D eigenvalue weighted by Crippen LogP contribution is 2.53. The Kier molecular flexibility index (Phi) is 6.21. The van der Waals surface area contributed by atoms with Crippen molar-refractivity contribution in [3.63, 3.8) is 0 Å². The quantitative estimate of drug-likeness (QED) is 0.425. The summed E-state index contributed by atoms with van der Waals surface area (Å²) in [7, 11) is 1.29. The molecule has 34 heavy (non-hydrogen) atoms. The number of benzene rings is 1. The lowest BCUT2D eigenvalue weighted by atomic mass is 9.65. The first-order chi connectivity index (χ1) is 15.9. The van der Waals surface area contributed by atoms with Crippen LogP contribution >= 0.6 is 0 Å². The average molecular weight is 483 g/mol. The van der Waals surface area contributed by atoms with Crippen molar-refractivity contribution in [3.8, 4) is 5.88 Å². The third kappa shape index (κ3) is 3.87. The lowest BCUT2D eigenvalue weighted by molar-refractivity contribution is -0.135. The predicted molar refractivity (Wildman–Crippen MR) is 131 cm³/mol. The molecule has 0 amide bonds. The Balaban J connectivity index is 1.84. The van der Waals surface area contributed by atoms with E-state index in [0.717, 1.165) is 5.56 Å². The first-order valence-electron chi connectivity index (χ1n) is 11.7. The van der Waals surface area contributed by atoms with Gasteiger partial charge in [-0.05, 0) is 55.4 Å². The number of hydrogen-bond acceptors (Lipinski definition) is 7. The van der Waals surface area contributed by atoms with Crippen LogP contribution in [0.3, 0.4) is 0 Å². The smallest absolute Gasteiger partial charge is 0.265 e. The van der Waals surface area contributed by atoms with E-state index in [9.17, 15) is 9.59 Å². The van der Waals surface area contributed by atoms with Crippen molar-refractivity contribution >= 4 is 19.9 Å². The zero-order valence-electron chi connectivity index (χ0n) is 21.0. The lowest BCUT2D eigenvalue weighted by Gasteiger charge is -2.51. The SMILES string of the molecule is CN(C)[C@@H]1c2onc(OCc3ccccc3)c2C(=O)[C@@]2(O[Si](C)(C)C(C)(C)C)C(=O)C=CCC12. The van der Waals surface area contributed by atoms with Gasteiger partial charge in [0.2, 0.25) is 5.78 Å². The fourth-order valence-electron chi connectivity index (χ4n) is 4.64. The van der Waals surface area contributed by atoms with E-state index in [1.165, 1.54) is 6.08 Å². The summed E-state index contributed by atoms with van der Waals surface area (Å²) >= 11 is 0. The van der Waals surface area contributed by atoms with Crippen molar-refractivity contribution in [3.05, 3.63) is 59.4 Å². The molecule has 1 heterocycles. The average Bonchev–Trinajstić information content (AvgIpc) is 3.17. The van der Waals surface area contributed by atoms with Gasteiger partial charge in [-0.2, -0.15) is 0 Å². The summed E-state index contributed by atoms with van der Waals surface area (Å²) in [6, 6.07) is 9.27. The maximum Gasteiger partial charge on any atom is 0.265 e. The molecule has 2 aliphatic carbocycles. The van der Waals surface area contributed by atoms with Gasteiger partial charge in [-0.25, -0.2) is 0 Å². The van der Waals surface area contributed by atoms with Crippen LogP contribution in [0.1, 0.15) is 54.9 Å². The van der Waals surface area contributed by atoms with Crippen molar-refractivity contribution in [2.45, 2.75) is 63.6 Å². The molecule has 1 unspecified atom stereocenters. The molecule has 0 bridgehead atoms. The van der Waals surface area contributed by atoms with Crippen LogP contribution in [0.2, 0.25) is 18.1 Å². The monoisotopic (exact) mass is 482 g/mol. The Morgan fingerprint density at radius 3 is 2.47 bits per heavy atom. The number of carbonyl (C=O) groups excluding carboxylic acids is 2. The van der Waals surface area contributed by atoms with Gasteiger partial charge in [0, 0.05) is 5.92 Å². The molecule has 3 atom stereocenters. The third-order valence-corrected chi connectivity index (χ3v) is 11.9. The summed E-state index contributed by atoms with van der Waals surface area (Å²) in [5.74, 6) is -0.611. The van der Waals surface area contributed by atoms with Crippen LogP contribution in [0.15, 0.2) is 47.0 Å². The minimum absolute atomic E-state index is 0.106. The Bertz CT molecular complexity index is 1120. The van der Waals surface area contributed by atoms with Crippen LogP contribution in [-0.4, -0.2) is 49.6 Å². The van der Waals surface area contributed by atoms with Crippen molar-refractivity contribution in [1.82, 2.24) is 10.1 Å². The van der Waals surface area contributed by atoms with E-state index in [2.05, 4.69) is 39.0 Å². The van der Waals surface area contributed by atoms with Crippen LogP contribution in [0.5, 0.6) is 5.88 Å². The molecule has 7 nitrogen and oxygen atoms in total. The van der Waals surface area contributed by atoms with Gasteiger partial charge in [0.1, 0.15) is 12.2 Å². The van der Waals surface area contributed by atoms with Crippen LogP contribution < -0.4 is 4.74 Å². The fraction of sp³-hybridized carbons (Fsp3) is 0.500. The highest BCUT2D eigenvalue weighted by molar-refractivity contribution is 6.74. The summed E-state index contributed by atoms with van der Waals surface area (Å²) in [6.45, 7) is 10.7. The highest BCUT2D eigenvalue weighted by Gasteiger charge is 2.65. The summed E-state index contributed by atoms with van der Waals surface area (Å²) in [5, 5.41) is 3.94. The summed E-state index contributed by atoms with van der Waals surface area (Å²) in [5.41, 5.74) is -0.475. The number of aromatic nitrogens is 1. The molecule has 0 spiro atoms. The van der Waals surface area contributed by atoms with Crippen molar-refractivity contribution in [1.29, 1.82) is 0 Å². The van der Waals surface area contributed by atoms with Gasteiger partial charge in [-0.3, -0.25) is 14.5 Å². The van der Waals surface area contributed by atoms with Crippen LogP contribution in [0.25, 0.3) is 0 Å². The van der Waals surface area contributed by atoms with Crippen molar-refractivity contribution in [2.24, 2.45) is 5.92 Å². The molecule has 1 aromatic heterocycles. The Morgan fingerprint density at radius 1 is 1.18 bits per heavy atom. The molecule has 4 rings (SSSR count). The van der Waals surface area contributed by atoms with E-state index >= 15 is 0 Å². The molecule has 1 aromatic carbocycles. The van der Waals surface area contributed by atoms with Gasteiger partial charge < -0.3 is 13.7 Å². The van der Waals surface area contributed by atoms with E-state index in [1.807, 2.05) is 55.4 Å². The molecule has 2 aromatic rings. The van der Waals surface area contributed by atoms with Crippen LogP contribution in [-0.2, 0) is 15.8 Å². The van der Waals surface area contributed by atoms with Gasteiger partial charge in [0.05, 0.1) is 6.04 Å². The van der Waals surface area contributed by atoms with Gasteiger partial charge in [-0.1, -0.05) is 57.2 Å². The van der Waals surface area contributed by atoms with Crippen LogP contribution in [0.4, 0.5) is 0 Å². The molecule has 0 aliphatic heterocycles. The molecule has 182 valence electrons. The molecule has 0 saturated carbocycles. The summed E-state index contributed by atoms with van der Waals surface area (Å²) in [6.07, 6.45) is 3.85. The van der Waals surface area contributed by atoms with E-state index in [4.69, 9.17) is 13.7 Å². The molecule has 2 aliphatic rings. The largest absolute Gasteiger partial charge is 0.470 e. The third-order valence-electron chi connectivity index (χ3n) is 7.45. The first-order valence-corrected chi connectivity index (χ1v) is 14.6. The maximum atomic E-state index is 14.3. The predicted octanol–water partition coefficient (Wildman–Crippen LogP) is 4.96. The van der Waals surface area contributed by atoms with E-state index in [1.54, 1.807) is 0 Å². The molecule has 0 saturated heterocycles. The number of nitrogens with zero attached hydrogens (tertiary/aromatic N) is 2. The van der Waals surface area contributed by atoms with Gasteiger partial charge in [-0.15, -0.1) is 0 Å². The first kappa shape index (κ1) is 24.6. The highest BCUT2D eigenvalue weighted by atomic mass is 28.4. The molecular formula is C26H34N2O5Si. The number of hydrogen-bond donors (Lipinski definition) is 0. The molecule has 0 radical (unpaired) electrons. The Labute approximate surface area is 202 Å². The van der Waals surface area contributed by atoms with Gasteiger partial charge >= 0.3 is 0 Å². The number of Topliss-reactive ketones (excluding diaryl/α,β-unsaturated/α-hetero) is 1. The normalized spacial score (nSPS) is 24.8. The number of ether oxygens (including phenoxy) is 1. The molecule has 0 N–H and O–H groups in total. The van der Waals surface area contributed by atoms with Gasteiger partial charge in [0.15, 0.2) is 25.5 Å². The summed E-state index contributed by atoms with van der Waals surface area (Å²) < 4.78 is 18.5. The fourth-order valence-corrected chi connectivity index (χ4v) is 6.09. The molecular weight excluding hydrogens is 448 g/mol. The second-order valence-corrected chi connectivity index (χ2v) is 15.7. The van der Waals surface area contributed by atoms with E-state index < -0.39 is 25.6 Å². The van der Waals surface area contributed by atoms with E-state index in [0.29, 0.717) is 12.2 Å². The maximum absolute atomic E-state index is 14.3. The second-order valence-electron chi connectivity index (χ2n) is 10.9. The zero-order chi connectivity index (χ0) is 24.9. The number of carbonyl (C=O) groups is 2. The topological polar surface area (TPSA) is 81.9 Å². The number of ketones is 2. The molecule has 0 fully saturated rings. The van der Waals surface area contributed by atoms with E-state index in [-0.39, 0.29) is 34.9 Å². The van der Waals surface area contributed by atoms with Crippen molar-refractivity contribution in [2.75, 3.05) is 14.1 Å². The second kappa shape index (κ2) is 8.59. The van der Waals surface area contributed by atoms with Crippen LogP contribution in [0, 0.1) is 5.92 Å². The Morgan fingerprint density at radius 2 is 1.85 bits per heavy atom.